The molecular weight excluding hydrogens is 246 g/mol. The van der Waals surface area contributed by atoms with E-state index in [-0.39, 0.29) is 0 Å². The van der Waals surface area contributed by atoms with E-state index in [0.717, 1.165) is 44.0 Å². The first-order chi connectivity index (χ1) is 9.78. The molecule has 1 heterocycles. The summed E-state index contributed by atoms with van der Waals surface area (Å²) in [5.74, 6) is 6.27. The van der Waals surface area contributed by atoms with Crippen molar-refractivity contribution in [2.24, 2.45) is 0 Å². The van der Waals surface area contributed by atoms with Crippen LogP contribution < -0.4 is 0 Å². The normalized spacial score (nSPS) is 16.4. The number of hydrogen-bond donors (Lipinski definition) is 0. The first kappa shape index (κ1) is 14.6. The molecule has 0 spiro atoms. The van der Waals surface area contributed by atoms with Gasteiger partial charge in [0.25, 0.3) is 0 Å². The van der Waals surface area contributed by atoms with E-state index in [0.29, 0.717) is 0 Å². The minimum Gasteiger partial charge on any atom is -0.379 e. The number of allylic oxidation sites excluding steroid dienone is 3. The van der Waals surface area contributed by atoms with Crippen LogP contribution in [0.25, 0.3) is 0 Å². The fraction of sp³-hybridized carbons (Fsp3) is 0.333. The second-order valence-electron chi connectivity index (χ2n) is 4.92. The van der Waals surface area contributed by atoms with Crippen LogP contribution in [0.1, 0.15) is 18.1 Å². The summed E-state index contributed by atoms with van der Waals surface area (Å²) >= 11 is 0. The van der Waals surface area contributed by atoms with Gasteiger partial charge in [0.15, 0.2) is 0 Å². The molecule has 0 aliphatic carbocycles. The van der Waals surface area contributed by atoms with Crippen LogP contribution in [-0.4, -0.2) is 31.2 Å². The summed E-state index contributed by atoms with van der Waals surface area (Å²) in [5.41, 5.74) is 3.40. The molecule has 0 aromatic heterocycles. The third-order valence-corrected chi connectivity index (χ3v) is 3.24. The molecule has 2 heteroatoms. The van der Waals surface area contributed by atoms with Crippen LogP contribution in [-0.2, 0) is 11.3 Å². The van der Waals surface area contributed by atoms with E-state index in [1.165, 1.54) is 5.56 Å². The Morgan fingerprint density at radius 1 is 1.30 bits per heavy atom. The van der Waals surface area contributed by atoms with Crippen LogP contribution in [0.15, 0.2) is 48.6 Å². The molecule has 1 aliphatic heterocycles. The molecular formula is C18H21NO. The number of hydrogen-bond acceptors (Lipinski definition) is 2. The van der Waals surface area contributed by atoms with Crippen LogP contribution in [0, 0.1) is 11.8 Å². The van der Waals surface area contributed by atoms with Crippen molar-refractivity contribution in [2.45, 2.75) is 13.5 Å². The number of ether oxygens (including phenoxy) is 1. The second-order valence-corrected chi connectivity index (χ2v) is 4.92. The molecule has 0 amide bonds. The molecule has 0 radical (unpaired) electrons. The molecule has 0 bridgehead atoms. The molecule has 2 rings (SSSR count). The Kier molecular flexibility index (Phi) is 5.61. The smallest absolute Gasteiger partial charge is 0.0594 e. The minimum atomic E-state index is 0.846. The number of benzene rings is 1. The van der Waals surface area contributed by atoms with E-state index in [2.05, 4.69) is 47.6 Å². The SMILES string of the molecule is C=C/C=C(\C)C#Cc1ccc(CN2CCOCC2)cc1. The predicted octanol–water partition coefficient (Wildman–Crippen LogP) is 3.00. The quantitative estimate of drug-likeness (QED) is 0.616. The summed E-state index contributed by atoms with van der Waals surface area (Å²) in [6.45, 7) is 10.4. The zero-order chi connectivity index (χ0) is 14.2. The summed E-state index contributed by atoms with van der Waals surface area (Å²) in [6.07, 6.45) is 3.68. The molecule has 1 aliphatic rings. The molecule has 104 valence electrons. The van der Waals surface area contributed by atoms with Gasteiger partial charge in [0, 0.05) is 25.2 Å². The fourth-order valence-corrected chi connectivity index (χ4v) is 2.10. The molecule has 1 saturated heterocycles. The second kappa shape index (κ2) is 7.69. The van der Waals surface area contributed by atoms with Crippen LogP contribution >= 0.6 is 0 Å². The first-order valence-electron chi connectivity index (χ1n) is 6.98. The maximum Gasteiger partial charge on any atom is 0.0594 e. The van der Waals surface area contributed by atoms with E-state index < -0.39 is 0 Å². The maximum atomic E-state index is 5.36. The minimum absolute atomic E-state index is 0.846. The Morgan fingerprint density at radius 3 is 2.65 bits per heavy atom. The van der Waals surface area contributed by atoms with E-state index in [1.54, 1.807) is 6.08 Å². The molecule has 1 aromatic rings. The maximum absolute atomic E-state index is 5.36. The number of morpholine rings is 1. The summed E-state index contributed by atoms with van der Waals surface area (Å²) < 4.78 is 5.36. The van der Waals surface area contributed by atoms with Gasteiger partial charge in [-0.1, -0.05) is 42.7 Å². The summed E-state index contributed by atoms with van der Waals surface area (Å²) in [6, 6.07) is 8.49. The lowest BCUT2D eigenvalue weighted by Gasteiger charge is -2.26. The lowest BCUT2D eigenvalue weighted by Crippen LogP contribution is -2.35. The van der Waals surface area contributed by atoms with Gasteiger partial charge in [-0.05, 0) is 30.2 Å². The van der Waals surface area contributed by atoms with Crippen LogP contribution in [0.5, 0.6) is 0 Å². The van der Waals surface area contributed by atoms with Gasteiger partial charge in [0.1, 0.15) is 0 Å². The van der Waals surface area contributed by atoms with Crippen molar-refractivity contribution >= 4 is 0 Å². The first-order valence-corrected chi connectivity index (χ1v) is 6.98. The Labute approximate surface area is 121 Å². The highest BCUT2D eigenvalue weighted by Gasteiger charge is 2.10. The van der Waals surface area contributed by atoms with E-state index in [1.807, 2.05) is 13.0 Å². The molecule has 0 atom stereocenters. The average Bonchev–Trinajstić information content (AvgIpc) is 2.48. The lowest BCUT2D eigenvalue weighted by atomic mass is 10.1. The van der Waals surface area contributed by atoms with Crippen molar-refractivity contribution in [3.05, 3.63) is 59.7 Å². The predicted molar refractivity (Wildman–Crippen MR) is 83.4 cm³/mol. The third kappa shape index (κ3) is 4.70. The average molecular weight is 267 g/mol. The molecule has 2 nitrogen and oxygen atoms in total. The highest BCUT2D eigenvalue weighted by Crippen LogP contribution is 2.08. The standard InChI is InChI=1S/C18H21NO/c1-3-4-16(2)5-6-17-7-9-18(10-8-17)15-19-11-13-20-14-12-19/h3-4,7-10H,1,11-15H2,2H3/b16-4+. The fourth-order valence-electron chi connectivity index (χ4n) is 2.10. The van der Waals surface area contributed by atoms with Gasteiger partial charge < -0.3 is 4.74 Å². The van der Waals surface area contributed by atoms with E-state index in [4.69, 9.17) is 4.74 Å². The van der Waals surface area contributed by atoms with Crippen molar-refractivity contribution in [3.8, 4) is 11.8 Å². The van der Waals surface area contributed by atoms with Gasteiger partial charge >= 0.3 is 0 Å². The summed E-state index contributed by atoms with van der Waals surface area (Å²) in [5, 5.41) is 0. The van der Waals surface area contributed by atoms with Gasteiger partial charge in [-0.3, -0.25) is 4.90 Å². The molecule has 0 saturated carbocycles. The van der Waals surface area contributed by atoms with Gasteiger partial charge in [0.2, 0.25) is 0 Å². The Morgan fingerprint density at radius 2 is 2.00 bits per heavy atom. The van der Waals surface area contributed by atoms with Gasteiger partial charge in [-0.2, -0.15) is 0 Å². The largest absolute Gasteiger partial charge is 0.379 e. The third-order valence-electron chi connectivity index (χ3n) is 3.24. The van der Waals surface area contributed by atoms with Crippen LogP contribution in [0.3, 0.4) is 0 Å². The van der Waals surface area contributed by atoms with Gasteiger partial charge in [0.05, 0.1) is 13.2 Å². The lowest BCUT2D eigenvalue weighted by molar-refractivity contribution is 0.0342. The van der Waals surface area contributed by atoms with E-state index >= 15 is 0 Å². The van der Waals surface area contributed by atoms with Crippen LogP contribution in [0.4, 0.5) is 0 Å². The van der Waals surface area contributed by atoms with Gasteiger partial charge in [-0.15, -0.1) is 0 Å². The van der Waals surface area contributed by atoms with E-state index in [9.17, 15) is 0 Å². The van der Waals surface area contributed by atoms with Crippen molar-refractivity contribution < 1.29 is 4.74 Å². The van der Waals surface area contributed by atoms with Gasteiger partial charge in [-0.25, -0.2) is 0 Å². The Balaban J connectivity index is 1.95. The Bertz CT molecular complexity index is 525. The number of rotatable bonds is 3. The summed E-state index contributed by atoms with van der Waals surface area (Å²) in [7, 11) is 0. The Hall–Kier alpha value is -1.82. The van der Waals surface area contributed by atoms with Crippen molar-refractivity contribution in [2.75, 3.05) is 26.3 Å². The highest BCUT2D eigenvalue weighted by atomic mass is 16.5. The van der Waals surface area contributed by atoms with Crippen molar-refractivity contribution in [1.29, 1.82) is 0 Å². The highest BCUT2D eigenvalue weighted by molar-refractivity contribution is 5.41. The van der Waals surface area contributed by atoms with Crippen molar-refractivity contribution in [1.82, 2.24) is 4.90 Å². The topological polar surface area (TPSA) is 12.5 Å². The monoisotopic (exact) mass is 267 g/mol. The van der Waals surface area contributed by atoms with Crippen molar-refractivity contribution in [3.63, 3.8) is 0 Å². The number of nitrogens with zero attached hydrogens (tertiary/aromatic N) is 1. The molecule has 0 unspecified atom stereocenters. The van der Waals surface area contributed by atoms with Crippen LogP contribution in [0.2, 0.25) is 0 Å². The zero-order valence-corrected chi connectivity index (χ0v) is 12.1. The molecule has 1 aromatic carbocycles. The molecule has 1 fully saturated rings. The summed E-state index contributed by atoms with van der Waals surface area (Å²) in [4.78, 5) is 2.42. The zero-order valence-electron chi connectivity index (χ0n) is 12.1. The molecule has 20 heavy (non-hydrogen) atoms. The molecule has 0 N–H and O–H groups in total.